The molecule has 1 aromatic carbocycles. The summed E-state index contributed by atoms with van der Waals surface area (Å²) >= 11 is 6.10. The number of halogens is 1. The molecule has 1 aliphatic heterocycles. The molecule has 18 heavy (non-hydrogen) atoms. The zero-order valence-corrected chi connectivity index (χ0v) is 12.2. The van der Waals surface area contributed by atoms with Gasteiger partial charge in [-0.15, -0.1) is 0 Å². The first-order chi connectivity index (χ1) is 8.56. The highest BCUT2D eigenvalue weighted by Gasteiger charge is 2.17. The average Bonchev–Trinajstić information content (AvgIpc) is 2.32. The number of rotatable bonds is 3. The van der Waals surface area contributed by atoms with Gasteiger partial charge in [0, 0.05) is 25.2 Å². The molecule has 0 saturated carbocycles. The van der Waals surface area contributed by atoms with Gasteiger partial charge in [0.1, 0.15) is 0 Å². The maximum atomic E-state index is 6.10. The van der Waals surface area contributed by atoms with Gasteiger partial charge in [-0.3, -0.25) is 0 Å². The van der Waals surface area contributed by atoms with Crippen LogP contribution in [0, 0.1) is 0 Å². The zero-order chi connectivity index (χ0) is 13.1. The second-order valence-corrected chi connectivity index (χ2v) is 5.71. The molecule has 0 aromatic heterocycles. The van der Waals surface area contributed by atoms with Crippen LogP contribution in [0.2, 0.25) is 5.02 Å². The van der Waals surface area contributed by atoms with Gasteiger partial charge in [-0.1, -0.05) is 11.6 Å². The van der Waals surface area contributed by atoms with Gasteiger partial charge in [-0.2, -0.15) is 0 Å². The Labute approximate surface area is 115 Å². The first-order valence-corrected chi connectivity index (χ1v) is 6.86. The number of nitrogens with one attached hydrogen (secondary N) is 1. The topological polar surface area (TPSA) is 18.5 Å². The SMILES string of the molecule is CN1CCC(Nc2cc(Cl)ccc2N(C)C)CC1. The van der Waals surface area contributed by atoms with Crippen molar-refractivity contribution in [2.75, 3.05) is 44.4 Å². The molecule has 1 aromatic rings. The molecule has 2 rings (SSSR count). The molecule has 0 unspecified atom stereocenters. The Morgan fingerprint density at radius 3 is 2.56 bits per heavy atom. The molecular weight excluding hydrogens is 246 g/mol. The fraction of sp³-hybridized carbons (Fsp3) is 0.571. The Morgan fingerprint density at radius 1 is 1.28 bits per heavy atom. The number of benzene rings is 1. The lowest BCUT2D eigenvalue weighted by Gasteiger charge is -2.31. The van der Waals surface area contributed by atoms with Crippen molar-refractivity contribution in [1.29, 1.82) is 0 Å². The van der Waals surface area contributed by atoms with Gasteiger partial charge in [0.2, 0.25) is 0 Å². The van der Waals surface area contributed by atoms with E-state index in [2.05, 4.69) is 42.3 Å². The molecule has 1 fully saturated rings. The maximum Gasteiger partial charge on any atom is 0.0597 e. The van der Waals surface area contributed by atoms with E-state index < -0.39 is 0 Å². The first-order valence-electron chi connectivity index (χ1n) is 6.48. The molecule has 0 atom stereocenters. The van der Waals surface area contributed by atoms with Crippen molar-refractivity contribution in [1.82, 2.24) is 4.90 Å². The molecule has 1 heterocycles. The summed E-state index contributed by atoms with van der Waals surface area (Å²) in [5.74, 6) is 0. The molecule has 1 N–H and O–H groups in total. The summed E-state index contributed by atoms with van der Waals surface area (Å²) in [6.07, 6.45) is 2.38. The van der Waals surface area contributed by atoms with Gasteiger partial charge >= 0.3 is 0 Å². The standard InChI is InChI=1S/C14H22ClN3/c1-17(2)14-5-4-11(15)10-13(14)16-12-6-8-18(3)9-7-12/h4-5,10,12,16H,6-9H2,1-3H3. The van der Waals surface area contributed by atoms with Crippen LogP contribution >= 0.6 is 11.6 Å². The summed E-state index contributed by atoms with van der Waals surface area (Å²) < 4.78 is 0. The van der Waals surface area contributed by atoms with Crippen LogP contribution in [0.5, 0.6) is 0 Å². The average molecular weight is 268 g/mol. The second kappa shape index (κ2) is 5.81. The molecule has 1 saturated heterocycles. The van der Waals surface area contributed by atoms with E-state index in [4.69, 9.17) is 11.6 Å². The van der Waals surface area contributed by atoms with E-state index in [1.807, 2.05) is 12.1 Å². The minimum atomic E-state index is 0.554. The summed E-state index contributed by atoms with van der Waals surface area (Å²) in [5.41, 5.74) is 2.33. The maximum absolute atomic E-state index is 6.10. The molecule has 3 nitrogen and oxygen atoms in total. The van der Waals surface area contributed by atoms with Crippen LogP contribution in [-0.2, 0) is 0 Å². The van der Waals surface area contributed by atoms with E-state index in [1.165, 1.54) is 18.5 Å². The number of likely N-dealkylation sites (tertiary alicyclic amines) is 1. The molecule has 1 aliphatic rings. The monoisotopic (exact) mass is 267 g/mol. The lowest BCUT2D eigenvalue weighted by atomic mass is 10.0. The largest absolute Gasteiger partial charge is 0.380 e. The Morgan fingerprint density at radius 2 is 1.94 bits per heavy atom. The number of piperidine rings is 1. The number of hydrogen-bond acceptors (Lipinski definition) is 3. The van der Waals surface area contributed by atoms with Crippen molar-refractivity contribution in [3.05, 3.63) is 23.2 Å². The Balaban J connectivity index is 2.10. The third-order valence-electron chi connectivity index (χ3n) is 3.52. The number of hydrogen-bond donors (Lipinski definition) is 1. The van der Waals surface area contributed by atoms with Crippen LogP contribution in [-0.4, -0.2) is 45.2 Å². The van der Waals surface area contributed by atoms with Crippen molar-refractivity contribution < 1.29 is 0 Å². The van der Waals surface area contributed by atoms with Crippen LogP contribution in [0.3, 0.4) is 0 Å². The third-order valence-corrected chi connectivity index (χ3v) is 3.75. The molecule has 0 spiro atoms. The van der Waals surface area contributed by atoms with E-state index in [1.54, 1.807) is 0 Å². The predicted octanol–water partition coefficient (Wildman–Crippen LogP) is 2.91. The highest BCUT2D eigenvalue weighted by molar-refractivity contribution is 6.31. The van der Waals surface area contributed by atoms with E-state index in [9.17, 15) is 0 Å². The Bertz CT molecular complexity index is 398. The van der Waals surface area contributed by atoms with Gasteiger partial charge in [-0.05, 0) is 51.2 Å². The van der Waals surface area contributed by atoms with Gasteiger partial charge < -0.3 is 15.1 Å². The van der Waals surface area contributed by atoms with E-state index in [-0.39, 0.29) is 0 Å². The molecule has 0 aliphatic carbocycles. The predicted molar refractivity (Wildman–Crippen MR) is 79.9 cm³/mol. The molecule has 0 radical (unpaired) electrons. The Hall–Kier alpha value is -0.930. The van der Waals surface area contributed by atoms with Gasteiger partial charge in [0.25, 0.3) is 0 Å². The van der Waals surface area contributed by atoms with Crippen molar-refractivity contribution in [2.24, 2.45) is 0 Å². The molecule has 0 bridgehead atoms. The molecule has 0 amide bonds. The van der Waals surface area contributed by atoms with Gasteiger partial charge in [-0.25, -0.2) is 0 Å². The normalized spacial score (nSPS) is 17.8. The fourth-order valence-corrected chi connectivity index (χ4v) is 2.56. The van der Waals surface area contributed by atoms with Crippen LogP contribution in [0.15, 0.2) is 18.2 Å². The smallest absolute Gasteiger partial charge is 0.0597 e. The highest BCUT2D eigenvalue weighted by Crippen LogP contribution is 2.29. The minimum absolute atomic E-state index is 0.554. The quantitative estimate of drug-likeness (QED) is 0.909. The molecule has 4 heteroatoms. The van der Waals surface area contributed by atoms with Crippen LogP contribution in [0.1, 0.15) is 12.8 Å². The molecule has 100 valence electrons. The summed E-state index contributed by atoms with van der Waals surface area (Å²) in [4.78, 5) is 4.50. The van der Waals surface area contributed by atoms with Crippen LogP contribution in [0.25, 0.3) is 0 Å². The Kier molecular flexibility index (Phi) is 4.36. The van der Waals surface area contributed by atoms with Gasteiger partial charge in [0.05, 0.1) is 11.4 Å². The number of nitrogens with zero attached hydrogens (tertiary/aromatic N) is 2. The van der Waals surface area contributed by atoms with E-state index >= 15 is 0 Å². The van der Waals surface area contributed by atoms with Crippen molar-refractivity contribution in [3.8, 4) is 0 Å². The first kappa shape index (κ1) is 13.5. The minimum Gasteiger partial charge on any atom is -0.380 e. The summed E-state index contributed by atoms with van der Waals surface area (Å²) in [5, 5.41) is 4.43. The summed E-state index contributed by atoms with van der Waals surface area (Å²) in [7, 11) is 6.30. The summed E-state index contributed by atoms with van der Waals surface area (Å²) in [6.45, 7) is 2.32. The lowest BCUT2D eigenvalue weighted by molar-refractivity contribution is 0.264. The van der Waals surface area contributed by atoms with Crippen molar-refractivity contribution in [3.63, 3.8) is 0 Å². The lowest BCUT2D eigenvalue weighted by Crippen LogP contribution is -2.37. The fourth-order valence-electron chi connectivity index (χ4n) is 2.39. The number of anilines is 2. The van der Waals surface area contributed by atoms with Crippen LogP contribution in [0.4, 0.5) is 11.4 Å². The van der Waals surface area contributed by atoms with Crippen molar-refractivity contribution >= 4 is 23.0 Å². The third kappa shape index (κ3) is 3.30. The van der Waals surface area contributed by atoms with E-state index in [0.717, 1.165) is 23.8 Å². The second-order valence-electron chi connectivity index (χ2n) is 5.28. The molecular formula is C14H22ClN3. The zero-order valence-electron chi connectivity index (χ0n) is 11.4. The van der Waals surface area contributed by atoms with Crippen LogP contribution < -0.4 is 10.2 Å². The summed E-state index contributed by atoms with van der Waals surface area (Å²) in [6, 6.07) is 6.59. The van der Waals surface area contributed by atoms with Crippen molar-refractivity contribution in [2.45, 2.75) is 18.9 Å². The van der Waals surface area contributed by atoms with E-state index in [0.29, 0.717) is 6.04 Å². The van der Waals surface area contributed by atoms with Gasteiger partial charge in [0.15, 0.2) is 0 Å². The highest BCUT2D eigenvalue weighted by atomic mass is 35.5.